The van der Waals surface area contributed by atoms with Crippen molar-refractivity contribution in [3.63, 3.8) is 0 Å². The molecule has 8 rings (SSSR count). The summed E-state index contributed by atoms with van der Waals surface area (Å²) < 4.78 is 19.3. The van der Waals surface area contributed by atoms with Gasteiger partial charge in [-0.2, -0.15) is 0 Å². The lowest BCUT2D eigenvalue weighted by Crippen LogP contribution is -2.60. The fraction of sp³-hybridized carbons (Fsp3) is 0.947. The third kappa shape index (κ3) is 4.17. The Balaban J connectivity index is 1.03. The first-order chi connectivity index (χ1) is 22.1. The topological polar surface area (TPSA) is 109 Å². The first-order valence-corrected chi connectivity index (χ1v) is 19.0. The summed E-state index contributed by atoms with van der Waals surface area (Å²) in [5.41, 5.74) is 0.0591. The third-order valence-electron chi connectivity index (χ3n) is 16.5. The molecule has 8 fully saturated rings. The second-order valence-corrected chi connectivity index (χ2v) is 18.9. The molecule has 5 saturated carbocycles. The number of β-amino-alcohol motifs (C(OH)–C–C–N with tert-alkyl or cyclic N) is 1. The largest absolute Gasteiger partial charge is 0.446 e. The van der Waals surface area contributed by atoms with Crippen LogP contribution in [0.1, 0.15) is 106 Å². The highest BCUT2D eigenvalue weighted by molar-refractivity contribution is 5.69. The summed E-state index contributed by atoms with van der Waals surface area (Å²) in [5.74, 6) is 1.68. The highest BCUT2D eigenvalue weighted by Crippen LogP contribution is 2.89. The molecule has 264 valence electrons. The first kappa shape index (κ1) is 32.6. The molecule has 47 heavy (non-hydrogen) atoms. The summed E-state index contributed by atoms with van der Waals surface area (Å²) in [6, 6.07) is 0. The minimum atomic E-state index is -0.560. The number of aliphatic hydroxyl groups is 2. The van der Waals surface area contributed by atoms with Crippen molar-refractivity contribution in [2.45, 2.75) is 143 Å². The van der Waals surface area contributed by atoms with Crippen molar-refractivity contribution < 1.29 is 34.0 Å². The number of fused-ring (bicyclic) bond motifs is 4. The molecule has 0 aromatic heterocycles. The predicted molar refractivity (Wildman–Crippen MR) is 175 cm³/mol. The van der Waals surface area contributed by atoms with Crippen molar-refractivity contribution >= 4 is 12.2 Å². The van der Waals surface area contributed by atoms with Gasteiger partial charge >= 0.3 is 12.2 Å². The van der Waals surface area contributed by atoms with Gasteiger partial charge in [0.2, 0.25) is 0 Å². The van der Waals surface area contributed by atoms with Crippen LogP contribution >= 0.6 is 0 Å². The van der Waals surface area contributed by atoms with Gasteiger partial charge in [-0.3, -0.25) is 0 Å². The second-order valence-electron chi connectivity index (χ2n) is 18.9. The van der Waals surface area contributed by atoms with E-state index in [2.05, 4.69) is 48.5 Å². The molecule has 9 nitrogen and oxygen atoms in total. The molecule has 0 unspecified atom stereocenters. The van der Waals surface area contributed by atoms with E-state index >= 15 is 0 Å². The zero-order chi connectivity index (χ0) is 33.5. The van der Waals surface area contributed by atoms with Crippen LogP contribution in [-0.4, -0.2) is 95.0 Å². The van der Waals surface area contributed by atoms with Crippen LogP contribution in [0.5, 0.6) is 0 Å². The molecule has 3 saturated heterocycles. The van der Waals surface area contributed by atoms with Crippen LogP contribution in [0.15, 0.2) is 0 Å². The van der Waals surface area contributed by atoms with E-state index in [0.717, 1.165) is 58.0 Å². The lowest BCUT2D eigenvalue weighted by Gasteiger charge is -2.63. The average molecular weight is 657 g/mol. The molecule has 3 heterocycles. The number of hydrogen-bond acceptors (Lipinski definition) is 7. The monoisotopic (exact) mass is 656 g/mol. The van der Waals surface area contributed by atoms with Gasteiger partial charge in [0.1, 0.15) is 12.2 Å². The van der Waals surface area contributed by atoms with E-state index in [4.69, 9.17) is 14.2 Å². The Bertz CT molecular complexity index is 1300. The Morgan fingerprint density at radius 2 is 1.57 bits per heavy atom. The summed E-state index contributed by atoms with van der Waals surface area (Å²) in [6.45, 7) is 18.4. The van der Waals surface area contributed by atoms with Gasteiger partial charge in [0.05, 0.1) is 37.5 Å². The summed E-state index contributed by atoms with van der Waals surface area (Å²) in [7, 11) is 0. The van der Waals surface area contributed by atoms with E-state index in [1.54, 1.807) is 9.80 Å². The Morgan fingerprint density at radius 1 is 0.894 bits per heavy atom. The van der Waals surface area contributed by atoms with E-state index in [1.165, 1.54) is 12.8 Å². The molecule has 8 aliphatic rings. The molecule has 3 aliphatic heterocycles. The maximum Gasteiger partial charge on any atom is 0.410 e. The minimum Gasteiger partial charge on any atom is -0.446 e. The van der Waals surface area contributed by atoms with Crippen molar-refractivity contribution in [1.29, 1.82) is 0 Å². The van der Waals surface area contributed by atoms with Gasteiger partial charge in [0, 0.05) is 23.9 Å². The van der Waals surface area contributed by atoms with Crippen LogP contribution in [0.2, 0.25) is 0 Å². The molecular weight excluding hydrogens is 596 g/mol. The normalized spacial score (nSPS) is 50.1. The third-order valence-corrected chi connectivity index (χ3v) is 16.5. The zero-order valence-electron chi connectivity index (χ0n) is 29.9. The van der Waals surface area contributed by atoms with E-state index in [0.29, 0.717) is 30.8 Å². The molecule has 13 atom stereocenters. The van der Waals surface area contributed by atoms with Gasteiger partial charge in [-0.15, -0.1) is 0 Å². The molecule has 0 radical (unpaired) electrons. The van der Waals surface area contributed by atoms with E-state index < -0.39 is 12.2 Å². The highest BCUT2D eigenvalue weighted by Gasteiger charge is 2.84. The van der Waals surface area contributed by atoms with Crippen LogP contribution in [0.25, 0.3) is 0 Å². The van der Waals surface area contributed by atoms with Crippen molar-refractivity contribution in [3.05, 3.63) is 0 Å². The average Bonchev–Trinajstić information content (AvgIpc) is 3.59. The van der Waals surface area contributed by atoms with Crippen molar-refractivity contribution in [3.8, 4) is 0 Å². The van der Waals surface area contributed by atoms with Gasteiger partial charge in [-0.1, -0.05) is 48.5 Å². The number of rotatable bonds is 4. The number of aliphatic hydroxyl groups excluding tert-OH is 2. The molecule has 2 spiro atoms. The summed E-state index contributed by atoms with van der Waals surface area (Å²) >= 11 is 0. The maximum absolute atomic E-state index is 12.9. The Labute approximate surface area is 281 Å². The summed E-state index contributed by atoms with van der Waals surface area (Å²) in [5, 5.41) is 22.3. The summed E-state index contributed by atoms with van der Waals surface area (Å²) in [6.07, 6.45) is 7.20. The Morgan fingerprint density at radius 3 is 2.21 bits per heavy atom. The van der Waals surface area contributed by atoms with Crippen LogP contribution in [0.4, 0.5) is 9.59 Å². The van der Waals surface area contributed by atoms with Crippen LogP contribution in [0.3, 0.4) is 0 Å². The molecular formula is C38H60N2O7. The van der Waals surface area contributed by atoms with E-state index in [-0.39, 0.29) is 75.5 Å². The molecule has 9 heteroatoms. The molecule has 0 aromatic rings. The lowest BCUT2D eigenvalue weighted by atomic mass is 9.41. The number of ether oxygens (including phenoxy) is 3. The number of carbonyl (C=O) groups excluding carboxylic acids is 2. The van der Waals surface area contributed by atoms with Gasteiger partial charge in [-0.05, 0) is 104 Å². The van der Waals surface area contributed by atoms with Gasteiger partial charge in [0.25, 0.3) is 0 Å². The fourth-order valence-corrected chi connectivity index (χ4v) is 13.9. The van der Waals surface area contributed by atoms with Crippen LogP contribution < -0.4 is 0 Å². The van der Waals surface area contributed by atoms with Crippen molar-refractivity contribution in [1.82, 2.24) is 9.80 Å². The van der Waals surface area contributed by atoms with Gasteiger partial charge < -0.3 is 34.2 Å². The first-order valence-electron chi connectivity index (χ1n) is 19.0. The SMILES string of the molecule is CC(C)[C@@H](OC(=O)N1CCC1)[C@H]1C[C@@H](C)[C@H]2[C@H](O1)[C@H](O)[C@@]1(C)[C@@H]3CC[C@H]4C(C)(C)[C@@H](OC(=O)N5CC(O)C5)CC[C@@]45C[C@@]35CC[C@]21C. The van der Waals surface area contributed by atoms with Crippen molar-refractivity contribution in [2.24, 2.45) is 56.7 Å². The number of amides is 2. The molecule has 0 bridgehead atoms. The van der Waals surface area contributed by atoms with Gasteiger partial charge in [-0.25, -0.2) is 9.59 Å². The Kier molecular flexibility index (Phi) is 7.27. The smallest absolute Gasteiger partial charge is 0.410 e. The molecule has 0 aromatic carbocycles. The fourth-order valence-electron chi connectivity index (χ4n) is 13.9. The van der Waals surface area contributed by atoms with E-state index in [9.17, 15) is 19.8 Å². The molecule has 5 aliphatic carbocycles. The second kappa shape index (κ2) is 10.5. The number of nitrogens with zero attached hydrogens (tertiary/aromatic N) is 2. The summed E-state index contributed by atoms with van der Waals surface area (Å²) in [4.78, 5) is 29.2. The number of hydrogen-bond donors (Lipinski definition) is 2. The zero-order valence-corrected chi connectivity index (χ0v) is 29.9. The number of carbonyl (C=O) groups is 2. The van der Waals surface area contributed by atoms with Crippen LogP contribution in [-0.2, 0) is 14.2 Å². The maximum atomic E-state index is 12.9. The predicted octanol–water partition coefficient (Wildman–Crippen LogP) is 5.85. The van der Waals surface area contributed by atoms with Crippen LogP contribution in [0, 0.1) is 56.7 Å². The standard InChI is InChI=1S/C38H60N2O7/c1-21(2)29(47-32(43)39-15-8-16-39)24-17-22(3)28-30(45-24)31(42)36(7)26-10-9-25-34(4,5)27(46-33(44)40-18-23(41)19-40)11-12-37(25)20-38(26,37)14-13-35(28,36)6/h21-31,41-42H,8-20H2,1-7H3/t22-,24-,25+,26+,27+,28+,29-,30+,31+,35-,36-,37-,38+/m1/s1. The lowest BCUT2D eigenvalue weighted by molar-refractivity contribution is -0.186. The molecule has 2 amide bonds. The highest BCUT2D eigenvalue weighted by atomic mass is 16.6. The van der Waals surface area contributed by atoms with E-state index in [1.807, 2.05) is 0 Å². The number of likely N-dealkylation sites (tertiary alicyclic amines) is 2. The van der Waals surface area contributed by atoms with Crippen molar-refractivity contribution in [2.75, 3.05) is 26.2 Å². The molecule has 2 N–H and O–H groups in total. The Hall–Kier alpha value is -1.58. The van der Waals surface area contributed by atoms with Gasteiger partial charge in [0.15, 0.2) is 0 Å². The quantitative estimate of drug-likeness (QED) is 0.391. The minimum absolute atomic E-state index is 0.0281.